The number of nitrogens with zero attached hydrogens (tertiary/aromatic N) is 3. The summed E-state index contributed by atoms with van der Waals surface area (Å²) in [6.45, 7) is 4.46. The number of anilines is 1. The predicted octanol–water partition coefficient (Wildman–Crippen LogP) is 2.43. The van der Waals surface area contributed by atoms with Gasteiger partial charge in [-0.3, -0.25) is 19.6 Å². The number of likely N-dealkylation sites (tertiary alicyclic amines) is 1. The van der Waals surface area contributed by atoms with Gasteiger partial charge in [0.15, 0.2) is 5.13 Å². The maximum atomic E-state index is 13.3. The highest BCUT2D eigenvalue weighted by molar-refractivity contribution is 7.15. The number of unbranched alkanes of at least 4 members (excludes halogenated alkanes) is 1. The number of hydrogen-bond donors (Lipinski definition) is 2. The van der Waals surface area contributed by atoms with Gasteiger partial charge in [-0.05, 0) is 38.0 Å². The Bertz CT molecular complexity index is 733. The van der Waals surface area contributed by atoms with Crippen molar-refractivity contribution in [3.8, 4) is 0 Å². The SMILES string of the molecule is CCCC[C@H](CN(O)C=O)C(=O)N1CC2(CC2)C[C@H]1C(=O)Nc1ncc(C)s1. The molecule has 0 aromatic carbocycles. The summed E-state index contributed by atoms with van der Waals surface area (Å²) in [6, 6.07) is -0.535. The Morgan fingerprint density at radius 3 is 2.86 bits per heavy atom. The first-order chi connectivity index (χ1) is 13.4. The maximum Gasteiger partial charge on any atom is 0.248 e. The van der Waals surface area contributed by atoms with Gasteiger partial charge in [0.05, 0.1) is 12.5 Å². The molecule has 2 fully saturated rings. The van der Waals surface area contributed by atoms with Crippen LogP contribution in [0.2, 0.25) is 0 Å². The monoisotopic (exact) mass is 408 g/mol. The molecule has 8 nitrogen and oxygen atoms in total. The lowest BCUT2D eigenvalue weighted by Gasteiger charge is -2.29. The van der Waals surface area contributed by atoms with Crippen molar-refractivity contribution in [2.75, 3.05) is 18.4 Å². The van der Waals surface area contributed by atoms with E-state index in [1.54, 1.807) is 11.1 Å². The van der Waals surface area contributed by atoms with Gasteiger partial charge in [0.1, 0.15) is 6.04 Å². The summed E-state index contributed by atoms with van der Waals surface area (Å²) in [5.41, 5.74) is 0.0509. The second kappa shape index (κ2) is 8.57. The van der Waals surface area contributed by atoms with E-state index >= 15 is 0 Å². The molecule has 1 saturated heterocycles. The van der Waals surface area contributed by atoms with E-state index in [2.05, 4.69) is 10.3 Å². The van der Waals surface area contributed by atoms with Crippen LogP contribution in [0.4, 0.5) is 5.13 Å². The number of aromatic nitrogens is 1. The Morgan fingerprint density at radius 2 is 2.29 bits per heavy atom. The third-order valence-corrected chi connectivity index (χ3v) is 6.52. The summed E-state index contributed by atoms with van der Waals surface area (Å²) in [6.07, 6.45) is 7.03. The zero-order valence-electron chi connectivity index (χ0n) is 16.4. The third-order valence-electron chi connectivity index (χ3n) is 5.69. The number of carbonyl (C=O) groups is 3. The predicted molar refractivity (Wildman–Crippen MR) is 105 cm³/mol. The standard InChI is InChI=1S/C19H28N4O4S/c1-3-4-5-14(10-22(27)12-24)17(26)23-11-19(6-7-19)8-15(23)16(25)21-18-20-9-13(2)28-18/h9,12,14-15,27H,3-8,10-11H2,1-2H3,(H,20,21,25)/t14-,15+/m1/s1. The highest BCUT2D eigenvalue weighted by Crippen LogP contribution is 2.55. The van der Waals surface area contributed by atoms with Crippen LogP contribution in [-0.4, -0.2) is 57.5 Å². The first-order valence-electron chi connectivity index (χ1n) is 9.82. The van der Waals surface area contributed by atoms with Crippen LogP contribution in [0, 0.1) is 18.3 Å². The molecule has 154 valence electrons. The van der Waals surface area contributed by atoms with E-state index in [0.717, 1.165) is 30.6 Å². The van der Waals surface area contributed by atoms with Gasteiger partial charge in [0.2, 0.25) is 18.2 Å². The summed E-state index contributed by atoms with van der Waals surface area (Å²) in [4.78, 5) is 43.9. The van der Waals surface area contributed by atoms with E-state index in [1.165, 1.54) is 11.3 Å². The molecule has 1 aliphatic carbocycles. The highest BCUT2D eigenvalue weighted by atomic mass is 32.1. The van der Waals surface area contributed by atoms with Gasteiger partial charge in [-0.15, -0.1) is 11.3 Å². The molecule has 2 atom stereocenters. The Kier molecular flexibility index (Phi) is 6.34. The Balaban J connectivity index is 1.74. The van der Waals surface area contributed by atoms with Crippen molar-refractivity contribution in [1.82, 2.24) is 14.9 Å². The molecule has 3 rings (SSSR count). The first-order valence-corrected chi connectivity index (χ1v) is 10.6. The molecule has 2 aliphatic rings. The molecule has 1 aliphatic heterocycles. The lowest BCUT2D eigenvalue weighted by Crippen LogP contribution is -2.47. The number of amides is 3. The van der Waals surface area contributed by atoms with Crippen LogP contribution in [0.5, 0.6) is 0 Å². The zero-order valence-corrected chi connectivity index (χ0v) is 17.2. The summed E-state index contributed by atoms with van der Waals surface area (Å²) in [5.74, 6) is -0.882. The van der Waals surface area contributed by atoms with Crippen molar-refractivity contribution in [1.29, 1.82) is 0 Å². The van der Waals surface area contributed by atoms with Crippen LogP contribution >= 0.6 is 11.3 Å². The van der Waals surface area contributed by atoms with Gasteiger partial charge in [0.25, 0.3) is 0 Å². The fourth-order valence-electron chi connectivity index (χ4n) is 3.91. The minimum absolute atomic E-state index is 0.0498. The van der Waals surface area contributed by atoms with E-state index in [9.17, 15) is 19.6 Å². The topological polar surface area (TPSA) is 103 Å². The lowest BCUT2D eigenvalue weighted by atomic mass is 9.99. The summed E-state index contributed by atoms with van der Waals surface area (Å²) < 4.78 is 0. The average Bonchev–Trinajstić information content (AvgIpc) is 3.12. The number of nitrogens with one attached hydrogen (secondary N) is 1. The van der Waals surface area contributed by atoms with E-state index in [1.807, 2.05) is 13.8 Å². The van der Waals surface area contributed by atoms with Crippen molar-refractivity contribution < 1.29 is 19.6 Å². The number of rotatable bonds is 9. The number of aryl methyl sites for hydroxylation is 1. The Hall–Kier alpha value is -2.00. The second-order valence-electron chi connectivity index (χ2n) is 8.02. The molecule has 1 spiro atoms. The van der Waals surface area contributed by atoms with Crippen LogP contribution < -0.4 is 5.32 Å². The van der Waals surface area contributed by atoms with Crippen molar-refractivity contribution in [3.63, 3.8) is 0 Å². The van der Waals surface area contributed by atoms with E-state index in [0.29, 0.717) is 36.0 Å². The number of hydrogen-bond acceptors (Lipinski definition) is 6. The smallest absolute Gasteiger partial charge is 0.248 e. The normalized spacial score (nSPS) is 20.8. The molecule has 2 heterocycles. The van der Waals surface area contributed by atoms with Crippen molar-refractivity contribution in [2.45, 2.75) is 58.4 Å². The minimum Gasteiger partial charge on any atom is -0.330 e. The molecule has 2 N–H and O–H groups in total. The molecule has 28 heavy (non-hydrogen) atoms. The average molecular weight is 409 g/mol. The van der Waals surface area contributed by atoms with Crippen LogP contribution in [0.3, 0.4) is 0 Å². The molecular weight excluding hydrogens is 380 g/mol. The van der Waals surface area contributed by atoms with Crippen molar-refractivity contribution in [2.24, 2.45) is 11.3 Å². The Morgan fingerprint density at radius 1 is 1.54 bits per heavy atom. The molecule has 0 radical (unpaired) electrons. The highest BCUT2D eigenvalue weighted by Gasteiger charge is 2.55. The van der Waals surface area contributed by atoms with Gasteiger partial charge >= 0.3 is 0 Å². The molecule has 3 amide bonds. The third kappa shape index (κ3) is 4.70. The summed E-state index contributed by atoms with van der Waals surface area (Å²) >= 11 is 1.40. The van der Waals surface area contributed by atoms with E-state index in [-0.39, 0.29) is 23.8 Å². The van der Waals surface area contributed by atoms with Gasteiger partial charge in [-0.1, -0.05) is 19.8 Å². The first kappa shape index (κ1) is 20.7. The van der Waals surface area contributed by atoms with E-state index < -0.39 is 12.0 Å². The zero-order chi connectivity index (χ0) is 20.3. The largest absolute Gasteiger partial charge is 0.330 e. The molecule has 0 bridgehead atoms. The Labute approximate surface area is 168 Å². The van der Waals surface area contributed by atoms with Crippen LogP contribution in [0.15, 0.2) is 6.20 Å². The van der Waals surface area contributed by atoms with Crippen molar-refractivity contribution >= 4 is 34.7 Å². The van der Waals surface area contributed by atoms with Gasteiger partial charge in [-0.25, -0.2) is 10.0 Å². The summed E-state index contributed by atoms with van der Waals surface area (Å²) in [7, 11) is 0. The minimum atomic E-state index is -0.535. The fraction of sp³-hybridized carbons (Fsp3) is 0.684. The fourth-order valence-corrected chi connectivity index (χ4v) is 4.58. The van der Waals surface area contributed by atoms with Gasteiger partial charge in [0, 0.05) is 17.6 Å². The maximum absolute atomic E-state index is 13.3. The molecule has 0 unspecified atom stereocenters. The van der Waals surface area contributed by atoms with E-state index in [4.69, 9.17) is 0 Å². The summed E-state index contributed by atoms with van der Waals surface area (Å²) in [5, 5.41) is 13.5. The molecule has 1 aromatic rings. The molecule has 1 saturated carbocycles. The lowest BCUT2D eigenvalue weighted by molar-refractivity contribution is -0.157. The number of carbonyl (C=O) groups excluding carboxylic acids is 3. The number of thiazole rings is 1. The van der Waals surface area contributed by atoms with Gasteiger partial charge < -0.3 is 10.2 Å². The van der Waals surface area contributed by atoms with Crippen molar-refractivity contribution in [3.05, 3.63) is 11.1 Å². The van der Waals surface area contributed by atoms with Crippen LogP contribution in [0.1, 0.15) is 50.3 Å². The molecule has 9 heteroatoms. The van der Waals surface area contributed by atoms with Crippen LogP contribution in [-0.2, 0) is 14.4 Å². The molecular formula is C19H28N4O4S. The quantitative estimate of drug-likeness (QED) is 0.371. The number of hydroxylamine groups is 2. The second-order valence-corrected chi connectivity index (χ2v) is 9.25. The van der Waals surface area contributed by atoms with Gasteiger partial charge in [-0.2, -0.15) is 0 Å². The molecule has 1 aromatic heterocycles. The van der Waals surface area contributed by atoms with Crippen LogP contribution in [0.25, 0.3) is 0 Å².